The summed E-state index contributed by atoms with van der Waals surface area (Å²) < 4.78 is 10.8. The standard InChI is InChI=1S/C18H30N2O3/c1-4-7-8-9-12-23-17-13-15(10-11-16(17)19)20(5-2)14-18(21)22-6-3/h10-11,13H,4-9,12,14,19H2,1-3H3. The molecule has 0 unspecified atom stereocenters. The molecule has 23 heavy (non-hydrogen) atoms. The van der Waals surface area contributed by atoms with Gasteiger partial charge in [-0.05, 0) is 32.4 Å². The number of likely N-dealkylation sites (N-methyl/N-ethyl adjacent to an activating group) is 1. The Morgan fingerprint density at radius 3 is 2.61 bits per heavy atom. The Labute approximate surface area is 139 Å². The molecular weight excluding hydrogens is 292 g/mol. The van der Waals surface area contributed by atoms with Crippen LogP contribution in [0.25, 0.3) is 0 Å². The normalized spacial score (nSPS) is 10.4. The van der Waals surface area contributed by atoms with Gasteiger partial charge in [-0.2, -0.15) is 0 Å². The molecule has 5 heteroatoms. The molecule has 0 fully saturated rings. The van der Waals surface area contributed by atoms with Gasteiger partial charge in [-0.1, -0.05) is 26.2 Å². The number of hydrogen-bond donors (Lipinski definition) is 1. The van der Waals surface area contributed by atoms with Gasteiger partial charge in [0.25, 0.3) is 0 Å². The molecule has 0 saturated carbocycles. The van der Waals surface area contributed by atoms with Gasteiger partial charge in [-0.15, -0.1) is 0 Å². The minimum Gasteiger partial charge on any atom is -0.491 e. The zero-order chi connectivity index (χ0) is 17.1. The molecular formula is C18H30N2O3. The van der Waals surface area contributed by atoms with E-state index in [4.69, 9.17) is 15.2 Å². The van der Waals surface area contributed by atoms with Crippen LogP contribution in [0.1, 0.15) is 46.5 Å². The molecule has 2 N–H and O–H groups in total. The van der Waals surface area contributed by atoms with Gasteiger partial charge in [0.2, 0.25) is 0 Å². The summed E-state index contributed by atoms with van der Waals surface area (Å²) in [5.74, 6) is 0.453. The van der Waals surface area contributed by atoms with E-state index in [1.165, 1.54) is 19.3 Å². The van der Waals surface area contributed by atoms with E-state index in [2.05, 4.69) is 6.92 Å². The summed E-state index contributed by atoms with van der Waals surface area (Å²) >= 11 is 0. The summed E-state index contributed by atoms with van der Waals surface area (Å²) in [5.41, 5.74) is 7.52. The molecule has 0 saturated heterocycles. The van der Waals surface area contributed by atoms with Crippen molar-refractivity contribution in [2.24, 2.45) is 0 Å². The van der Waals surface area contributed by atoms with Gasteiger partial charge in [-0.25, -0.2) is 0 Å². The quantitative estimate of drug-likeness (QED) is 0.383. The van der Waals surface area contributed by atoms with Crippen molar-refractivity contribution in [3.8, 4) is 5.75 Å². The van der Waals surface area contributed by atoms with E-state index in [1.807, 2.05) is 36.9 Å². The first-order valence-electron chi connectivity index (χ1n) is 8.55. The molecule has 0 radical (unpaired) electrons. The van der Waals surface area contributed by atoms with Crippen LogP contribution < -0.4 is 15.4 Å². The van der Waals surface area contributed by atoms with Gasteiger partial charge >= 0.3 is 5.97 Å². The van der Waals surface area contributed by atoms with Gasteiger partial charge in [0.15, 0.2) is 0 Å². The highest BCUT2D eigenvalue weighted by Crippen LogP contribution is 2.28. The van der Waals surface area contributed by atoms with Crippen LogP contribution in [0.15, 0.2) is 18.2 Å². The minimum atomic E-state index is -0.229. The van der Waals surface area contributed by atoms with Crippen molar-refractivity contribution < 1.29 is 14.3 Å². The number of nitrogens with zero attached hydrogens (tertiary/aromatic N) is 1. The van der Waals surface area contributed by atoms with E-state index in [-0.39, 0.29) is 12.5 Å². The molecule has 0 atom stereocenters. The average molecular weight is 322 g/mol. The van der Waals surface area contributed by atoms with Gasteiger partial charge in [0.05, 0.1) is 18.9 Å². The molecule has 0 amide bonds. The number of unbranched alkanes of at least 4 members (excludes halogenated alkanes) is 3. The van der Waals surface area contributed by atoms with Crippen LogP contribution in [0.5, 0.6) is 5.75 Å². The number of carbonyl (C=O) groups excluding carboxylic acids is 1. The van der Waals surface area contributed by atoms with Crippen molar-refractivity contribution in [3.63, 3.8) is 0 Å². The molecule has 130 valence electrons. The number of benzene rings is 1. The summed E-state index contributed by atoms with van der Waals surface area (Å²) in [6, 6.07) is 5.63. The second-order valence-electron chi connectivity index (χ2n) is 5.45. The van der Waals surface area contributed by atoms with Crippen molar-refractivity contribution in [3.05, 3.63) is 18.2 Å². The fourth-order valence-electron chi connectivity index (χ4n) is 2.30. The third-order valence-electron chi connectivity index (χ3n) is 3.62. The average Bonchev–Trinajstić information content (AvgIpc) is 2.54. The van der Waals surface area contributed by atoms with Crippen molar-refractivity contribution in [1.29, 1.82) is 0 Å². The molecule has 0 spiro atoms. The monoisotopic (exact) mass is 322 g/mol. The molecule has 1 aromatic rings. The summed E-state index contributed by atoms with van der Waals surface area (Å²) in [4.78, 5) is 13.6. The van der Waals surface area contributed by atoms with Gasteiger partial charge in [-0.3, -0.25) is 4.79 Å². The molecule has 0 aliphatic heterocycles. The van der Waals surface area contributed by atoms with Crippen LogP contribution in [0.3, 0.4) is 0 Å². The van der Waals surface area contributed by atoms with E-state index < -0.39 is 0 Å². The highest BCUT2D eigenvalue weighted by molar-refractivity contribution is 5.76. The Morgan fingerprint density at radius 2 is 1.96 bits per heavy atom. The van der Waals surface area contributed by atoms with Gasteiger partial charge < -0.3 is 20.1 Å². The van der Waals surface area contributed by atoms with Gasteiger partial charge in [0.1, 0.15) is 12.3 Å². The van der Waals surface area contributed by atoms with E-state index in [0.717, 1.165) is 12.1 Å². The van der Waals surface area contributed by atoms with Crippen LogP contribution in [0.4, 0.5) is 11.4 Å². The lowest BCUT2D eigenvalue weighted by molar-refractivity contribution is -0.141. The minimum absolute atomic E-state index is 0.226. The second-order valence-corrected chi connectivity index (χ2v) is 5.45. The number of ether oxygens (including phenoxy) is 2. The summed E-state index contributed by atoms with van der Waals surface area (Å²) in [6.07, 6.45) is 4.62. The molecule has 0 aromatic heterocycles. The van der Waals surface area contributed by atoms with Crippen molar-refractivity contribution in [2.75, 3.05) is 36.9 Å². The first-order chi connectivity index (χ1) is 11.1. The Bertz CT molecular complexity index is 477. The molecule has 5 nitrogen and oxygen atoms in total. The fourth-order valence-corrected chi connectivity index (χ4v) is 2.30. The maximum atomic E-state index is 11.7. The number of nitrogens with two attached hydrogens (primary N) is 1. The lowest BCUT2D eigenvalue weighted by Gasteiger charge is -2.23. The predicted octanol–water partition coefficient (Wildman–Crippen LogP) is 3.62. The zero-order valence-electron chi connectivity index (χ0n) is 14.6. The maximum Gasteiger partial charge on any atom is 0.325 e. The lowest BCUT2D eigenvalue weighted by Crippen LogP contribution is -2.30. The molecule has 0 bridgehead atoms. The molecule has 0 aliphatic carbocycles. The lowest BCUT2D eigenvalue weighted by atomic mass is 10.2. The fraction of sp³-hybridized carbons (Fsp3) is 0.611. The smallest absolute Gasteiger partial charge is 0.325 e. The molecule has 0 heterocycles. The molecule has 1 rings (SSSR count). The van der Waals surface area contributed by atoms with Crippen LogP contribution in [0, 0.1) is 0 Å². The highest BCUT2D eigenvalue weighted by Gasteiger charge is 2.12. The number of anilines is 2. The Balaban J connectivity index is 2.67. The van der Waals surface area contributed by atoms with Crippen molar-refractivity contribution >= 4 is 17.3 Å². The maximum absolute atomic E-state index is 11.7. The van der Waals surface area contributed by atoms with E-state index in [0.29, 0.717) is 31.2 Å². The zero-order valence-corrected chi connectivity index (χ0v) is 14.6. The Morgan fingerprint density at radius 1 is 1.17 bits per heavy atom. The topological polar surface area (TPSA) is 64.8 Å². The largest absolute Gasteiger partial charge is 0.491 e. The van der Waals surface area contributed by atoms with Crippen LogP contribution in [-0.4, -0.2) is 32.3 Å². The third kappa shape index (κ3) is 6.80. The van der Waals surface area contributed by atoms with E-state index in [1.54, 1.807) is 0 Å². The summed E-state index contributed by atoms with van der Waals surface area (Å²) in [6.45, 7) is 7.98. The van der Waals surface area contributed by atoms with Crippen LogP contribution >= 0.6 is 0 Å². The summed E-state index contributed by atoms with van der Waals surface area (Å²) in [5, 5.41) is 0. The van der Waals surface area contributed by atoms with E-state index in [9.17, 15) is 4.79 Å². The first kappa shape index (κ1) is 19.1. The molecule has 0 aliphatic rings. The number of nitrogen functional groups attached to an aromatic ring is 1. The summed E-state index contributed by atoms with van der Waals surface area (Å²) in [7, 11) is 0. The Kier molecular flexibility index (Phi) is 8.95. The molecule has 1 aromatic carbocycles. The number of hydrogen-bond acceptors (Lipinski definition) is 5. The number of carbonyl (C=O) groups is 1. The predicted molar refractivity (Wildman–Crippen MR) is 95.0 cm³/mol. The van der Waals surface area contributed by atoms with Gasteiger partial charge in [0, 0.05) is 18.3 Å². The van der Waals surface area contributed by atoms with Crippen LogP contribution in [-0.2, 0) is 9.53 Å². The van der Waals surface area contributed by atoms with Crippen molar-refractivity contribution in [1.82, 2.24) is 0 Å². The number of rotatable bonds is 11. The SMILES string of the molecule is CCCCCCOc1cc(N(CC)CC(=O)OCC)ccc1N. The van der Waals surface area contributed by atoms with E-state index >= 15 is 0 Å². The Hall–Kier alpha value is -1.91. The third-order valence-corrected chi connectivity index (χ3v) is 3.62. The van der Waals surface area contributed by atoms with Crippen LogP contribution in [0.2, 0.25) is 0 Å². The highest BCUT2D eigenvalue weighted by atomic mass is 16.5. The number of esters is 1. The van der Waals surface area contributed by atoms with Crippen molar-refractivity contribution in [2.45, 2.75) is 46.5 Å². The second kappa shape index (κ2) is 10.8. The first-order valence-corrected chi connectivity index (χ1v) is 8.55.